The van der Waals surface area contributed by atoms with Crippen molar-refractivity contribution in [1.29, 1.82) is 0 Å². The van der Waals surface area contributed by atoms with Crippen LogP contribution in [0.3, 0.4) is 0 Å². The van der Waals surface area contributed by atoms with Gasteiger partial charge in [0, 0.05) is 4.88 Å². The Kier molecular flexibility index (Phi) is 4.44. The van der Waals surface area contributed by atoms with Gasteiger partial charge in [-0.1, -0.05) is 0 Å². The molecule has 1 aliphatic carbocycles. The van der Waals surface area contributed by atoms with Crippen molar-refractivity contribution in [2.45, 2.75) is 63.4 Å². The van der Waals surface area contributed by atoms with Crippen molar-refractivity contribution in [1.82, 2.24) is 4.98 Å². The maximum atomic E-state index is 12.4. The number of carbonyl (C=O) groups excluding carboxylic acids is 1. The number of hydrogen-bond acceptors (Lipinski definition) is 5. The lowest BCUT2D eigenvalue weighted by molar-refractivity contribution is -0.117. The SMILES string of the molecule is CC(C)S(=O)(=O)C(C)(C)C(=O)Nc1nc2c(s1)CCCC2. The fourth-order valence-corrected chi connectivity index (χ4v) is 4.90. The summed E-state index contributed by atoms with van der Waals surface area (Å²) in [7, 11) is -3.53. The van der Waals surface area contributed by atoms with Crippen LogP contribution in [0.2, 0.25) is 0 Å². The number of fused-ring (bicyclic) bond motifs is 1. The standard InChI is InChI=1S/C14H22N2O3S2/c1-9(2)21(18,19)14(3,4)12(17)16-13-15-10-7-5-6-8-11(10)20-13/h9H,5-8H2,1-4H3,(H,15,16,17). The number of aromatic nitrogens is 1. The van der Waals surface area contributed by atoms with Crippen LogP contribution in [-0.4, -0.2) is 29.3 Å². The number of thiazole rings is 1. The summed E-state index contributed by atoms with van der Waals surface area (Å²) in [6.07, 6.45) is 4.21. The van der Waals surface area contributed by atoms with Gasteiger partial charge in [-0.3, -0.25) is 4.79 Å². The van der Waals surface area contributed by atoms with Crippen LogP contribution in [0.5, 0.6) is 0 Å². The molecular weight excluding hydrogens is 308 g/mol. The van der Waals surface area contributed by atoms with Crippen LogP contribution in [0.15, 0.2) is 0 Å². The smallest absolute Gasteiger partial charge is 0.247 e. The molecular formula is C14H22N2O3S2. The molecule has 0 unspecified atom stereocenters. The van der Waals surface area contributed by atoms with Gasteiger partial charge in [0.1, 0.15) is 4.75 Å². The Morgan fingerprint density at radius 1 is 1.29 bits per heavy atom. The number of carbonyl (C=O) groups is 1. The van der Waals surface area contributed by atoms with Gasteiger partial charge in [0.15, 0.2) is 15.0 Å². The molecule has 1 heterocycles. The second-order valence-electron chi connectivity index (χ2n) is 6.15. The zero-order valence-corrected chi connectivity index (χ0v) is 14.5. The molecule has 1 N–H and O–H groups in total. The quantitative estimate of drug-likeness (QED) is 0.920. The lowest BCUT2D eigenvalue weighted by Gasteiger charge is -2.25. The van der Waals surface area contributed by atoms with Gasteiger partial charge in [0.2, 0.25) is 5.91 Å². The van der Waals surface area contributed by atoms with Crippen LogP contribution < -0.4 is 5.32 Å². The number of rotatable bonds is 4. The minimum atomic E-state index is -3.53. The van der Waals surface area contributed by atoms with E-state index in [0.29, 0.717) is 5.13 Å². The Bertz CT molecular complexity index is 622. The van der Waals surface area contributed by atoms with Gasteiger partial charge < -0.3 is 5.32 Å². The molecule has 0 radical (unpaired) electrons. The predicted octanol–water partition coefficient (Wildman–Crippen LogP) is 2.56. The molecule has 0 saturated heterocycles. The fraction of sp³-hybridized carbons (Fsp3) is 0.714. The molecule has 5 nitrogen and oxygen atoms in total. The average molecular weight is 330 g/mol. The van der Waals surface area contributed by atoms with Crippen LogP contribution >= 0.6 is 11.3 Å². The highest BCUT2D eigenvalue weighted by Crippen LogP contribution is 2.31. The summed E-state index contributed by atoms with van der Waals surface area (Å²) >= 11 is 1.46. The molecule has 2 rings (SSSR count). The largest absolute Gasteiger partial charge is 0.301 e. The van der Waals surface area contributed by atoms with Gasteiger partial charge in [-0.05, 0) is 53.4 Å². The van der Waals surface area contributed by atoms with E-state index in [0.717, 1.165) is 31.4 Å². The number of anilines is 1. The highest BCUT2D eigenvalue weighted by atomic mass is 32.2. The minimum Gasteiger partial charge on any atom is -0.301 e. The number of amides is 1. The van der Waals surface area contributed by atoms with Crippen LogP contribution in [-0.2, 0) is 27.5 Å². The molecule has 1 amide bonds. The lowest BCUT2D eigenvalue weighted by atomic mass is 10.0. The van der Waals surface area contributed by atoms with E-state index in [1.54, 1.807) is 13.8 Å². The second-order valence-corrected chi connectivity index (χ2v) is 10.3. The van der Waals surface area contributed by atoms with Crippen molar-refractivity contribution in [3.05, 3.63) is 10.6 Å². The first kappa shape index (κ1) is 16.4. The molecule has 1 aromatic heterocycles. The van der Waals surface area contributed by atoms with Gasteiger partial charge in [-0.25, -0.2) is 13.4 Å². The van der Waals surface area contributed by atoms with Crippen LogP contribution in [0, 0.1) is 0 Å². The van der Waals surface area contributed by atoms with E-state index in [-0.39, 0.29) is 0 Å². The highest BCUT2D eigenvalue weighted by molar-refractivity contribution is 7.94. The Labute approximate surface area is 130 Å². The zero-order chi connectivity index (χ0) is 15.8. The minimum absolute atomic E-state index is 0.512. The Morgan fingerprint density at radius 3 is 2.48 bits per heavy atom. The molecule has 0 spiro atoms. The Balaban J connectivity index is 2.19. The van der Waals surface area contributed by atoms with E-state index in [9.17, 15) is 13.2 Å². The summed E-state index contributed by atoms with van der Waals surface area (Å²) < 4.78 is 23.1. The molecule has 1 aromatic rings. The third-order valence-electron chi connectivity index (χ3n) is 3.94. The van der Waals surface area contributed by atoms with Gasteiger partial charge in [-0.2, -0.15) is 0 Å². The first-order valence-electron chi connectivity index (χ1n) is 7.19. The normalized spacial score (nSPS) is 15.9. The molecule has 7 heteroatoms. The molecule has 118 valence electrons. The number of sulfone groups is 1. The molecule has 21 heavy (non-hydrogen) atoms. The summed E-state index contributed by atoms with van der Waals surface area (Å²) in [6, 6.07) is 0. The molecule has 0 atom stereocenters. The average Bonchev–Trinajstić information content (AvgIpc) is 2.80. The van der Waals surface area contributed by atoms with E-state index in [1.807, 2.05) is 0 Å². The molecule has 0 bridgehead atoms. The first-order chi connectivity index (χ1) is 9.66. The molecule has 0 fully saturated rings. The third kappa shape index (κ3) is 2.99. The predicted molar refractivity (Wildman–Crippen MR) is 85.5 cm³/mol. The summed E-state index contributed by atoms with van der Waals surface area (Å²) in [4.78, 5) is 18.0. The van der Waals surface area contributed by atoms with Crippen LogP contribution in [0.25, 0.3) is 0 Å². The van der Waals surface area contributed by atoms with Crippen LogP contribution in [0.4, 0.5) is 5.13 Å². The van der Waals surface area contributed by atoms with Gasteiger partial charge >= 0.3 is 0 Å². The van der Waals surface area contributed by atoms with Crippen molar-refractivity contribution in [2.24, 2.45) is 0 Å². The van der Waals surface area contributed by atoms with E-state index >= 15 is 0 Å². The topological polar surface area (TPSA) is 76.1 Å². The fourth-order valence-electron chi connectivity index (χ4n) is 2.37. The van der Waals surface area contributed by atoms with Crippen LogP contribution in [0.1, 0.15) is 51.1 Å². The van der Waals surface area contributed by atoms with Gasteiger partial charge in [-0.15, -0.1) is 11.3 Å². The molecule has 0 saturated carbocycles. The third-order valence-corrected chi connectivity index (χ3v) is 7.87. The van der Waals surface area contributed by atoms with Gasteiger partial charge in [0.05, 0.1) is 10.9 Å². The number of nitrogens with zero attached hydrogens (tertiary/aromatic N) is 1. The van der Waals surface area contributed by atoms with E-state index in [4.69, 9.17) is 0 Å². The lowest BCUT2D eigenvalue weighted by Crippen LogP contribution is -2.47. The summed E-state index contributed by atoms with van der Waals surface area (Å²) in [5.74, 6) is -0.512. The molecule has 0 aliphatic heterocycles. The van der Waals surface area contributed by atoms with E-state index in [2.05, 4.69) is 10.3 Å². The summed E-state index contributed by atoms with van der Waals surface area (Å²) in [6.45, 7) is 6.08. The van der Waals surface area contributed by atoms with Gasteiger partial charge in [0.25, 0.3) is 0 Å². The maximum absolute atomic E-state index is 12.4. The van der Waals surface area contributed by atoms with Crippen molar-refractivity contribution < 1.29 is 13.2 Å². The summed E-state index contributed by atoms with van der Waals surface area (Å²) in [5.41, 5.74) is 1.05. The monoisotopic (exact) mass is 330 g/mol. The molecule has 1 aliphatic rings. The number of hydrogen-bond donors (Lipinski definition) is 1. The van der Waals surface area contributed by atoms with Crippen molar-refractivity contribution in [2.75, 3.05) is 5.32 Å². The van der Waals surface area contributed by atoms with Crippen molar-refractivity contribution >= 4 is 32.2 Å². The number of aryl methyl sites for hydroxylation is 2. The van der Waals surface area contributed by atoms with E-state index in [1.165, 1.54) is 30.1 Å². The van der Waals surface area contributed by atoms with E-state index < -0.39 is 25.7 Å². The van der Waals surface area contributed by atoms with Crippen molar-refractivity contribution in [3.63, 3.8) is 0 Å². The zero-order valence-electron chi connectivity index (χ0n) is 12.9. The van der Waals surface area contributed by atoms with Crippen molar-refractivity contribution in [3.8, 4) is 0 Å². The summed E-state index contributed by atoms with van der Waals surface area (Å²) in [5, 5.41) is 2.61. The highest BCUT2D eigenvalue weighted by Gasteiger charge is 2.43. The number of nitrogens with one attached hydrogen (secondary N) is 1. The Hall–Kier alpha value is -0.950. The first-order valence-corrected chi connectivity index (χ1v) is 9.56. The maximum Gasteiger partial charge on any atom is 0.247 e. The Morgan fingerprint density at radius 2 is 1.90 bits per heavy atom. The molecule has 0 aromatic carbocycles. The second kappa shape index (κ2) is 5.68.